The molecule has 0 spiro atoms. The third-order valence-electron chi connectivity index (χ3n) is 3.77. The summed E-state index contributed by atoms with van der Waals surface area (Å²) in [5, 5.41) is 0. The van der Waals surface area contributed by atoms with Crippen molar-refractivity contribution in [1.29, 1.82) is 0 Å². The normalized spacial score (nSPS) is 11.7. The standard InChI is InChI=1S/C17H27BF3O/c1-3-4-5-6-7-8-9-10-13-22-17-12-11-15(2)14-16(17)18(19,20)21/h11-12,14H,3-10,13H2,1-2H3/q-1. The smallest absolute Gasteiger partial charge is 0.497 e. The minimum atomic E-state index is -5.02. The van der Waals surface area contributed by atoms with E-state index in [4.69, 9.17) is 4.74 Å². The van der Waals surface area contributed by atoms with Gasteiger partial charge in [-0.25, -0.2) is 0 Å². The van der Waals surface area contributed by atoms with Crippen LogP contribution in [0.15, 0.2) is 18.2 Å². The van der Waals surface area contributed by atoms with Crippen LogP contribution in [0.5, 0.6) is 5.75 Å². The van der Waals surface area contributed by atoms with E-state index in [2.05, 4.69) is 6.92 Å². The lowest BCUT2D eigenvalue weighted by Gasteiger charge is -2.20. The van der Waals surface area contributed by atoms with Crippen LogP contribution in [-0.4, -0.2) is 13.6 Å². The lowest BCUT2D eigenvalue weighted by Crippen LogP contribution is -2.35. The minimum absolute atomic E-state index is 0.0268. The number of hydrogen-bond donors (Lipinski definition) is 0. The van der Waals surface area contributed by atoms with Crippen LogP contribution in [0, 0.1) is 6.92 Å². The Morgan fingerprint density at radius 1 is 0.909 bits per heavy atom. The van der Waals surface area contributed by atoms with E-state index in [0.717, 1.165) is 19.3 Å². The lowest BCUT2D eigenvalue weighted by molar-refractivity contribution is 0.305. The maximum absolute atomic E-state index is 13.0. The molecule has 126 valence electrons. The number of benzene rings is 1. The number of halogens is 3. The van der Waals surface area contributed by atoms with Crippen molar-refractivity contribution in [3.05, 3.63) is 23.8 Å². The summed E-state index contributed by atoms with van der Waals surface area (Å²) in [5.74, 6) is -0.0268. The van der Waals surface area contributed by atoms with Crippen molar-refractivity contribution >= 4 is 12.4 Å². The van der Waals surface area contributed by atoms with Gasteiger partial charge in [0.15, 0.2) is 0 Å². The van der Waals surface area contributed by atoms with Crippen LogP contribution in [0.3, 0.4) is 0 Å². The maximum atomic E-state index is 13.0. The first-order valence-corrected chi connectivity index (χ1v) is 8.38. The Hall–Kier alpha value is -1.13. The quantitative estimate of drug-likeness (QED) is 0.383. The molecule has 1 rings (SSSR count). The first-order valence-electron chi connectivity index (χ1n) is 8.38. The minimum Gasteiger partial charge on any atom is -0.497 e. The molecule has 0 atom stereocenters. The van der Waals surface area contributed by atoms with Crippen molar-refractivity contribution in [3.63, 3.8) is 0 Å². The zero-order valence-corrected chi connectivity index (χ0v) is 13.7. The predicted octanol–water partition coefficient (Wildman–Crippen LogP) is 5.57. The van der Waals surface area contributed by atoms with Crippen molar-refractivity contribution in [2.24, 2.45) is 0 Å². The molecule has 0 aliphatic carbocycles. The fourth-order valence-corrected chi connectivity index (χ4v) is 2.47. The summed E-state index contributed by atoms with van der Waals surface area (Å²) in [6.45, 7) is -0.809. The van der Waals surface area contributed by atoms with Gasteiger partial charge in [-0.2, -0.15) is 0 Å². The molecular weight excluding hydrogens is 288 g/mol. The second-order valence-electron chi connectivity index (χ2n) is 5.94. The summed E-state index contributed by atoms with van der Waals surface area (Å²) in [7, 11) is 0. The zero-order chi connectivity index (χ0) is 16.4. The summed E-state index contributed by atoms with van der Waals surface area (Å²) in [6.07, 6.45) is 9.25. The highest BCUT2D eigenvalue weighted by Crippen LogP contribution is 2.19. The SMILES string of the molecule is CCCCCCCCCCOc1ccc(C)cc1[B-](F)(F)F. The van der Waals surface area contributed by atoms with Crippen molar-refractivity contribution in [1.82, 2.24) is 0 Å². The molecule has 1 aromatic carbocycles. The van der Waals surface area contributed by atoms with Gasteiger partial charge in [0.05, 0.1) is 12.4 Å². The Bertz CT molecular complexity index is 432. The molecule has 0 aliphatic heterocycles. The largest absolute Gasteiger partial charge is 0.513 e. The van der Waals surface area contributed by atoms with Crippen LogP contribution in [0.25, 0.3) is 0 Å². The van der Waals surface area contributed by atoms with E-state index in [1.54, 1.807) is 13.0 Å². The fourth-order valence-electron chi connectivity index (χ4n) is 2.47. The van der Waals surface area contributed by atoms with E-state index in [9.17, 15) is 12.9 Å². The van der Waals surface area contributed by atoms with E-state index in [0.29, 0.717) is 12.2 Å². The Labute approximate surface area is 132 Å². The van der Waals surface area contributed by atoms with E-state index in [-0.39, 0.29) is 5.75 Å². The second kappa shape index (κ2) is 9.80. The van der Waals surface area contributed by atoms with Gasteiger partial charge < -0.3 is 17.7 Å². The second-order valence-corrected chi connectivity index (χ2v) is 5.94. The summed E-state index contributed by atoms with van der Waals surface area (Å²) >= 11 is 0. The molecule has 0 bridgehead atoms. The number of ether oxygens (including phenoxy) is 1. The van der Waals surface area contributed by atoms with E-state index >= 15 is 0 Å². The number of hydrogen-bond acceptors (Lipinski definition) is 1. The highest BCUT2D eigenvalue weighted by Gasteiger charge is 2.29. The Kier molecular flexibility index (Phi) is 8.43. The molecule has 1 aromatic rings. The summed E-state index contributed by atoms with van der Waals surface area (Å²) in [5.41, 5.74) is -0.00630. The van der Waals surface area contributed by atoms with E-state index in [1.807, 2.05) is 0 Å². The topological polar surface area (TPSA) is 9.23 Å². The van der Waals surface area contributed by atoms with Crippen LogP contribution < -0.4 is 10.2 Å². The highest BCUT2D eigenvalue weighted by molar-refractivity contribution is 6.74. The summed E-state index contributed by atoms with van der Waals surface area (Å²) in [6, 6.07) is 4.27. The van der Waals surface area contributed by atoms with Crippen LogP contribution >= 0.6 is 0 Å². The van der Waals surface area contributed by atoms with Gasteiger partial charge >= 0.3 is 6.98 Å². The molecule has 0 fully saturated rings. The number of unbranched alkanes of at least 4 members (excludes halogenated alkanes) is 7. The molecule has 0 saturated heterocycles. The van der Waals surface area contributed by atoms with Gasteiger partial charge in [-0.05, 0) is 19.4 Å². The van der Waals surface area contributed by atoms with Crippen LogP contribution in [-0.2, 0) is 0 Å². The van der Waals surface area contributed by atoms with E-state index < -0.39 is 12.4 Å². The molecule has 0 aliphatic rings. The molecule has 0 aromatic heterocycles. The molecular formula is C17H27BF3O-. The number of rotatable bonds is 11. The maximum Gasteiger partial charge on any atom is 0.513 e. The van der Waals surface area contributed by atoms with Crippen LogP contribution in [0.4, 0.5) is 12.9 Å². The highest BCUT2D eigenvalue weighted by atomic mass is 19.4. The van der Waals surface area contributed by atoms with Gasteiger partial charge in [-0.15, -0.1) is 0 Å². The predicted molar refractivity (Wildman–Crippen MR) is 88.0 cm³/mol. The van der Waals surface area contributed by atoms with Gasteiger partial charge in [-0.1, -0.05) is 75.0 Å². The molecule has 1 nitrogen and oxygen atoms in total. The zero-order valence-electron chi connectivity index (χ0n) is 13.7. The molecule has 0 heterocycles. The monoisotopic (exact) mass is 315 g/mol. The first kappa shape index (κ1) is 18.9. The van der Waals surface area contributed by atoms with Gasteiger partial charge in [0.1, 0.15) is 0 Å². The molecule has 0 N–H and O–H groups in total. The molecule has 22 heavy (non-hydrogen) atoms. The van der Waals surface area contributed by atoms with Gasteiger partial charge in [0.2, 0.25) is 0 Å². The Balaban J connectivity index is 2.28. The first-order chi connectivity index (χ1) is 10.4. The van der Waals surface area contributed by atoms with Crippen molar-refractivity contribution in [2.75, 3.05) is 6.61 Å². The molecule has 0 radical (unpaired) electrons. The molecule has 0 amide bonds. The molecule has 5 heteroatoms. The summed E-state index contributed by atoms with van der Waals surface area (Å²) < 4.78 is 44.3. The van der Waals surface area contributed by atoms with Crippen LogP contribution in [0.2, 0.25) is 0 Å². The molecule has 0 saturated carbocycles. The van der Waals surface area contributed by atoms with Crippen LogP contribution in [0.1, 0.15) is 63.9 Å². The summed E-state index contributed by atoms with van der Waals surface area (Å²) in [4.78, 5) is 0. The fraction of sp³-hybridized carbons (Fsp3) is 0.647. The third-order valence-corrected chi connectivity index (χ3v) is 3.77. The average Bonchev–Trinajstić information content (AvgIpc) is 2.46. The Morgan fingerprint density at radius 2 is 1.50 bits per heavy atom. The van der Waals surface area contributed by atoms with Gasteiger partial charge in [-0.3, -0.25) is 0 Å². The van der Waals surface area contributed by atoms with Gasteiger partial charge in [0, 0.05) is 0 Å². The van der Waals surface area contributed by atoms with Crippen molar-refractivity contribution < 1.29 is 17.7 Å². The average molecular weight is 315 g/mol. The van der Waals surface area contributed by atoms with E-state index in [1.165, 1.54) is 44.2 Å². The van der Waals surface area contributed by atoms with Gasteiger partial charge in [0.25, 0.3) is 0 Å². The third kappa shape index (κ3) is 7.23. The lowest BCUT2D eigenvalue weighted by atomic mass is 9.78. The Morgan fingerprint density at radius 3 is 2.09 bits per heavy atom. The molecule has 0 unspecified atom stereocenters. The number of aryl methyl sites for hydroxylation is 1. The van der Waals surface area contributed by atoms with Crippen molar-refractivity contribution in [2.45, 2.75) is 65.2 Å². The van der Waals surface area contributed by atoms with Crippen molar-refractivity contribution in [3.8, 4) is 5.75 Å².